The maximum Gasteiger partial charge on any atom is 2.00 e. The normalized spacial score (nSPS) is 7.47. The molecule has 0 aromatic carbocycles. The third kappa shape index (κ3) is 32.0. The van der Waals surface area contributed by atoms with Crippen molar-refractivity contribution in [3.05, 3.63) is 0 Å². The van der Waals surface area contributed by atoms with Gasteiger partial charge in [-0.05, 0) is 0 Å². The molecule has 0 rings (SSSR count). The fourth-order valence-electron chi connectivity index (χ4n) is 0.247. The van der Waals surface area contributed by atoms with Gasteiger partial charge < -0.3 is 30.0 Å². The first-order valence-corrected chi connectivity index (χ1v) is 3.09. The van der Waals surface area contributed by atoms with Gasteiger partial charge in [0.25, 0.3) is 0 Å². The van der Waals surface area contributed by atoms with Crippen LogP contribution < -0.4 is 10.2 Å². The summed E-state index contributed by atoms with van der Waals surface area (Å²) in [5.41, 5.74) is 0. The predicted octanol–water partition coefficient (Wildman–Crippen LogP) is -3.96. The first-order chi connectivity index (χ1) is 6.25. The van der Waals surface area contributed by atoms with Crippen LogP contribution in [0.4, 0.5) is 0 Å². The van der Waals surface area contributed by atoms with Crippen molar-refractivity contribution in [2.75, 3.05) is 0 Å². The third-order valence-electron chi connectivity index (χ3n) is 0.591. The predicted molar refractivity (Wildman–Crippen MR) is 40.3 cm³/mol. The van der Waals surface area contributed by atoms with Crippen LogP contribution in [0.15, 0.2) is 0 Å². The molecule has 8 nitrogen and oxygen atoms in total. The van der Waals surface area contributed by atoms with Gasteiger partial charge in [0.05, 0.1) is 0 Å². The summed E-state index contributed by atoms with van der Waals surface area (Å²) in [6.45, 7) is 0. The Morgan fingerprint density at radius 3 is 1.07 bits per heavy atom. The Balaban J connectivity index is -0.000000180. The van der Waals surface area contributed by atoms with Crippen LogP contribution in [0.5, 0.6) is 0 Å². The van der Waals surface area contributed by atoms with Gasteiger partial charge in [-0.2, -0.15) is 0 Å². The number of aliphatic carboxylic acids is 4. The molecule has 0 aliphatic carbocycles. The van der Waals surface area contributed by atoms with Crippen molar-refractivity contribution in [3.8, 4) is 0 Å². The van der Waals surface area contributed by atoms with Crippen molar-refractivity contribution >= 4 is 61.6 Å². The minimum Gasteiger partial charge on any atom is -0.550 e. The molecule has 0 radical (unpaired) electrons. The molecule has 0 saturated carbocycles. The first kappa shape index (κ1) is 19.7. The van der Waals surface area contributed by atoms with Crippen LogP contribution in [0.25, 0.3) is 0 Å². The van der Waals surface area contributed by atoms with Crippen molar-refractivity contribution in [3.63, 3.8) is 0 Å². The summed E-state index contributed by atoms with van der Waals surface area (Å²) < 4.78 is 0. The van der Waals surface area contributed by atoms with Crippen molar-refractivity contribution in [2.24, 2.45) is 0 Å². The van der Waals surface area contributed by atoms with Crippen LogP contribution in [-0.4, -0.2) is 71.8 Å². The van der Waals surface area contributed by atoms with Gasteiger partial charge in [-0.1, -0.05) is 0 Å². The van der Waals surface area contributed by atoms with E-state index in [1.165, 1.54) is 0 Å². The summed E-state index contributed by atoms with van der Waals surface area (Å²) in [6.07, 6.45) is -1.83. The second-order valence-corrected chi connectivity index (χ2v) is 1.89. The molecule has 0 spiro atoms. The monoisotopic (exact) mass is 246 g/mol. The fourth-order valence-corrected chi connectivity index (χ4v) is 0.247. The number of carbonyl (C=O) groups is 4. The van der Waals surface area contributed by atoms with Crippen molar-refractivity contribution in [1.82, 2.24) is 0 Å². The van der Waals surface area contributed by atoms with Crippen molar-refractivity contribution in [2.45, 2.75) is 12.8 Å². The summed E-state index contributed by atoms with van der Waals surface area (Å²) in [4.78, 5) is 37.4. The zero-order chi connectivity index (χ0) is 11.7. The average Bonchev–Trinajstić information content (AvgIpc) is 1.79. The van der Waals surface area contributed by atoms with Gasteiger partial charge in [-0.3, -0.25) is 9.59 Å². The molecule has 0 amide bonds. The molecular formula is C6H6CaO8. The number of rotatable bonds is 4. The summed E-state index contributed by atoms with van der Waals surface area (Å²) in [5.74, 6) is -5.88. The second-order valence-electron chi connectivity index (χ2n) is 1.89. The van der Waals surface area contributed by atoms with Crippen LogP contribution in [0, 0.1) is 0 Å². The summed E-state index contributed by atoms with van der Waals surface area (Å²) in [5, 5.41) is 34.0. The Morgan fingerprint density at radius 1 is 0.800 bits per heavy atom. The molecule has 0 saturated heterocycles. The third-order valence-corrected chi connectivity index (χ3v) is 0.591. The number of carboxylic acid groups (broad SMARTS) is 4. The minimum absolute atomic E-state index is 0. The van der Waals surface area contributed by atoms with E-state index in [1.54, 1.807) is 0 Å². The fraction of sp³-hybridized carbons (Fsp3) is 0.333. The molecule has 0 aliphatic heterocycles. The standard InChI is InChI=1S/2C3H4O4.Ca/c2*4-2(5)1-3(6)7;/h2*1H2,(H,4,5)(H,6,7);/q;;+2/p-2. The van der Waals surface area contributed by atoms with E-state index in [2.05, 4.69) is 0 Å². The molecule has 0 fully saturated rings. The molecule has 0 aromatic rings. The Hall–Kier alpha value is -0.860. The SMILES string of the molecule is O=C(O)CC(=O)O.O=C([O-])CC(=O)[O-].[Ca+2]. The van der Waals surface area contributed by atoms with Crippen LogP contribution in [-0.2, 0) is 19.2 Å². The van der Waals surface area contributed by atoms with Gasteiger partial charge in [0, 0.05) is 18.4 Å². The second kappa shape index (κ2) is 11.2. The van der Waals surface area contributed by atoms with Gasteiger partial charge in [0.1, 0.15) is 6.42 Å². The van der Waals surface area contributed by atoms with Gasteiger partial charge >= 0.3 is 49.7 Å². The quantitative estimate of drug-likeness (QED) is 0.376. The van der Waals surface area contributed by atoms with Gasteiger partial charge in [0.15, 0.2) is 0 Å². The Bertz CT molecular complexity index is 198. The van der Waals surface area contributed by atoms with E-state index in [1.807, 2.05) is 0 Å². The zero-order valence-electron chi connectivity index (χ0n) is 7.47. The molecule has 15 heavy (non-hydrogen) atoms. The molecular weight excluding hydrogens is 240 g/mol. The molecule has 0 unspecified atom stereocenters. The van der Waals surface area contributed by atoms with E-state index in [9.17, 15) is 29.4 Å². The Morgan fingerprint density at radius 2 is 1.07 bits per heavy atom. The number of hydrogen-bond donors (Lipinski definition) is 2. The van der Waals surface area contributed by atoms with Crippen molar-refractivity contribution in [1.29, 1.82) is 0 Å². The molecule has 0 aliphatic rings. The largest absolute Gasteiger partial charge is 2.00 e. The van der Waals surface area contributed by atoms with Gasteiger partial charge in [-0.15, -0.1) is 0 Å². The van der Waals surface area contributed by atoms with Gasteiger partial charge in [-0.25, -0.2) is 0 Å². The summed E-state index contributed by atoms with van der Waals surface area (Å²) in [6, 6.07) is 0. The number of carboxylic acids is 4. The van der Waals surface area contributed by atoms with Crippen LogP contribution in [0.1, 0.15) is 12.8 Å². The van der Waals surface area contributed by atoms with E-state index in [-0.39, 0.29) is 37.7 Å². The van der Waals surface area contributed by atoms with E-state index < -0.39 is 36.7 Å². The molecule has 80 valence electrons. The molecule has 0 heterocycles. The Labute approximate surface area is 114 Å². The smallest absolute Gasteiger partial charge is 0.550 e. The maximum atomic E-state index is 9.43. The van der Waals surface area contributed by atoms with E-state index >= 15 is 0 Å². The Kier molecular flexibility index (Phi) is 14.7. The number of carbonyl (C=O) groups excluding carboxylic acids is 2. The van der Waals surface area contributed by atoms with E-state index in [0.29, 0.717) is 0 Å². The topological polar surface area (TPSA) is 155 Å². The summed E-state index contributed by atoms with van der Waals surface area (Å²) in [7, 11) is 0. The first-order valence-electron chi connectivity index (χ1n) is 3.09. The molecule has 2 N–H and O–H groups in total. The maximum absolute atomic E-state index is 9.43. The summed E-state index contributed by atoms with van der Waals surface area (Å²) >= 11 is 0. The van der Waals surface area contributed by atoms with Crippen LogP contribution >= 0.6 is 0 Å². The number of hydrogen-bond acceptors (Lipinski definition) is 6. The molecule has 0 bridgehead atoms. The van der Waals surface area contributed by atoms with Gasteiger partial charge in [0.2, 0.25) is 0 Å². The molecule has 9 heteroatoms. The van der Waals surface area contributed by atoms with E-state index in [0.717, 1.165) is 0 Å². The van der Waals surface area contributed by atoms with Crippen LogP contribution in [0.2, 0.25) is 0 Å². The van der Waals surface area contributed by atoms with E-state index in [4.69, 9.17) is 10.2 Å². The molecule has 0 aromatic heterocycles. The molecule has 0 atom stereocenters. The van der Waals surface area contributed by atoms with Crippen molar-refractivity contribution < 1.29 is 39.6 Å². The zero-order valence-corrected chi connectivity index (χ0v) is 9.67. The van der Waals surface area contributed by atoms with Crippen LogP contribution in [0.3, 0.4) is 0 Å². The average molecular weight is 246 g/mol. The minimum atomic E-state index is -1.63.